The van der Waals surface area contributed by atoms with Crippen molar-refractivity contribution in [3.8, 4) is 0 Å². The number of hydrogen-bond donors (Lipinski definition) is 0. The van der Waals surface area contributed by atoms with E-state index in [1.54, 1.807) is 51.1 Å². The Labute approximate surface area is 272 Å². The van der Waals surface area contributed by atoms with Crippen molar-refractivity contribution in [2.24, 2.45) is 0 Å². The van der Waals surface area contributed by atoms with Gasteiger partial charge in [0, 0.05) is 5.56 Å². The van der Waals surface area contributed by atoms with Gasteiger partial charge in [0.2, 0.25) is 0 Å². The van der Waals surface area contributed by atoms with Gasteiger partial charge in [0.05, 0.1) is 112 Å². The van der Waals surface area contributed by atoms with Crippen molar-refractivity contribution < 1.29 is 66.5 Å². The van der Waals surface area contributed by atoms with Crippen LogP contribution < -0.4 is 0 Å². The minimum Gasteiger partial charge on any atom is -0.458 e. The maximum atomic E-state index is 11.9. The molecule has 264 valence electrons. The van der Waals surface area contributed by atoms with Crippen LogP contribution in [0.25, 0.3) is 0 Å². The Kier molecular flexibility index (Phi) is 25.9. The Morgan fingerprint density at radius 3 is 1.15 bits per heavy atom. The summed E-state index contributed by atoms with van der Waals surface area (Å²) in [5.41, 5.74) is -0.227. The SMILES string of the molecule is CC(C)(C)OC(=O)COCCOCCOCCOCCOCCOCCOCCOCCOCCOC(=O)C(=O)c1ccccc1. The summed E-state index contributed by atoms with van der Waals surface area (Å²) in [6.45, 7) is 12.3. The average Bonchev–Trinajstić information content (AvgIpc) is 3.03. The average molecular weight is 661 g/mol. The summed E-state index contributed by atoms with van der Waals surface area (Å²) < 4.78 is 58.5. The van der Waals surface area contributed by atoms with Crippen LogP contribution in [0.4, 0.5) is 0 Å². The van der Waals surface area contributed by atoms with E-state index >= 15 is 0 Å². The molecule has 1 aromatic carbocycles. The van der Waals surface area contributed by atoms with Gasteiger partial charge in [0.1, 0.15) is 18.8 Å². The van der Waals surface area contributed by atoms with Gasteiger partial charge < -0.3 is 52.1 Å². The third-order valence-electron chi connectivity index (χ3n) is 5.30. The zero-order valence-corrected chi connectivity index (χ0v) is 27.5. The summed E-state index contributed by atoms with van der Waals surface area (Å²) in [5.74, 6) is -1.98. The molecule has 0 atom stereocenters. The van der Waals surface area contributed by atoms with Crippen LogP contribution in [0.1, 0.15) is 31.1 Å². The van der Waals surface area contributed by atoms with Gasteiger partial charge in [-0.15, -0.1) is 0 Å². The molecule has 0 aliphatic rings. The molecule has 1 aromatic rings. The van der Waals surface area contributed by atoms with Crippen molar-refractivity contribution >= 4 is 17.7 Å². The molecule has 14 nitrogen and oxygen atoms in total. The number of esters is 2. The first-order valence-corrected chi connectivity index (χ1v) is 15.5. The zero-order chi connectivity index (χ0) is 33.6. The second-order valence-corrected chi connectivity index (χ2v) is 10.4. The predicted octanol–water partition coefficient (Wildman–Crippen LogP) is 1.90. The smallest absolute Gasteiger partial charge is 0.379 e. The molecule has 0 radical (unpaired) electrons. The van der Waals surface area contributed by atoms with Crippen LogP contribution in [0.3, 0.4) is 0 Å². The highest BCUT2D eigenvalue weighted by Gasteiger charge is 2.17. The van der Waals surface area contributed by atoms with Crippen molar-refractivity contribution in [1.82, 2.24) is 0 Å². The van der Waals surface area contributed by atoms with Gasteiger partial charge in [-0.25, -0.2) is 9.59 Å². The monoisotopic (exact) mass is 660 g/mol. The fourth-order valence-corrected chi connectivity index (χ4v) is 3.25. The van der Waals surface area contributed by atoms with Crippen molar-refractivity contribution in [3.05, 3.63) is 35.9 Å². The lowest BCUT2D eigenvalue weighted by Crippen LogP contribution is -2.27. The predicted molar refractivity (Wildman–Crippen MR) is 165 cm³/mol. The van der Waals surface area contributed by atoms with Gasteiger partial charge in [0.25, 0.3) is 5.78 Å². The van der Waals surface area contributed by atoms with Gasteiger partial charge >= 0.3 is 11.9 Å². The fourth-order valence-electron chi connectivity index (χ4n) is 3.25. The van der Waals surface area contributed by atoms with Gasteiger partial charge in [0.15, 0.2) is 0 Å². The van der Waals surface area contributed by atoms with Crippen LogP contribution >= 0.6 is 0 Å². The van der Waals surface area contributed by atoms with Crippen LogP contribution in [0.2, 0.25) is 0 Å². The topological polar surface area (TPSA) is 153 Å². The molecular weight excluding hydrogens is 608 g/mol. The van der Waals surface area contributed by atoms with E-state index in [2.05, 4.69) is 0 Å². The summed E-state index contributed by atoms with van der Waals surface area (Å²) in [7, 11) is 0. The fraction of sp³-hybridized carbons (Fsp3) is 0.719. The molecule has 14 heteroatoms. The molecule has 0 heterocycles. The quantitative estimate of drug-likeness (QED) is 0.0493. The van der Waals surface area contributed by atoms with E-state index in [9.17, 15) is 14.4 Å². The summed E-state index contributed by atoms with van der Waals surface area (Å²) in [6, 6.07) is 8.24. The second-order valence-electron chi connectivity index (χ2n) is 10.4. The maximum Gasteiger partial charge on any atom is 0.379 e. The normalized spacial score (nSPS) is 11.5. The number of ether oxygens (including phenoxy) is 11. The number of carbonyl (C=O) groups is 3. The first-order valence-electron chi connectivity index (χ1n) is 15.5. The first-order chi connectivity index (χ1) is 22.3. The third-order valence-corrected chi connectivity index (χ3v) is 5.30. The summed E-state index contributed by atoms with van der Waals surface area (Å²) in [6.07, 6.45) is 0. The zero-order valence-electron chi connectivity index (χ0n) is 27.5. The molecule has 0 aliphatic heterocycles. The Hall–Kier alpha value is -2.53. The molecule has 0 saturated carbocycles. The number of carbonyl (C=O) groups excluding carboxylic acids is 3. The van der Waals surface area contributed by atoms with Gasteiger partial charge in [-0.3, -0.25) is 4.79 Å². The Morgan fingerprint density at radius 1 is 0.478 bits per heavy atom. The van der Waals surface area contributed by atoms with E-state index in [0.29, 0.717) is 111 Å². The molecule has 0 aromatic heterocycles. The van der Waals surface area contributed by atoms with Crippen LogP contribution in [0.15, 0.2) is 30.3 Å². The Bertz CT molecular complexity index is 891. The van der Waals surface area contributed by atoms with Crippen molar-refractivity contribution in [2.75, 3.05) is 126 Å². The van der Waals surface area contributed by atoms with Gasteiger partial charge in [-0.2, -0.15) is 0 Å². The van der Waals surface area contributed by atoms with Crippen LogP contribution in [0, 0.1) is 0 Å². The van der Waals surface area contributed by atoms with E-state index in [1.807, 2.05) is 0 Å². The number of hydrogen-bond acceptors (Lipinski definition) is 14. The lowest BCUT2D eigenvalue weighted by atomic mass is 10.1. The number of rotatable bonds is 31. The molecule has 0 amide bonds. The summed E-state index contributed by atoms with van der Waals surface area (Å²) in [4.78, 5) is 35.1. The first kappa shape index (κ1) is 41.5. The Balaban J connectivity index is 1.69. The molecule has 0 unspecified atom stereocenters. The largest absolute Gasteiger partial charge is 0.458 e. The second kappa shape index (κ2) is 28.7. The van der Waals surface area contributed by atoms with Gasteiger partial charge in [-0.05, 0) is 20.8 Å². The number of benzene rings is 1. The van der Waals surface area contributed by atoms with Crippen molar-refractivity contribution in [1.29, 1.82) is 0 Å². The molecule has 0 spiro atoms. The maximum absolute atomic E-state index is 11.9. The molecule has 46 heavy (non-hydrogen) atoms. The lowest BCUT2D eigenvalue weighted by molar-refractivity contribution is -0.160. The molecule has 0 bridgehead atoms. The molecular formula is C32H52O14. The van der Waals surface area contributed by atoms with Crippen LogP contribution in [0.5, 0.6) is 0 Å². The van der Waals surface area contributed by atoms with E-state index in [-0.39, 0.29) is 19.8 Å². The highest BCUT2D eigenvalue weighted by atomic mass is 16.6. The van der Waals surface area contributed by atoms with Crippen LogP contribution in [-0.2, 0) is 61.7 Å². The lowest BCUT2D eigenvalue weighted by Gasteiger charge is -2.19. The Morgan fingerprint density at radius 2 is 0.804 bits per heavy atom. The highest BCUT2D eigenvalue weighted by molar-refractivity contribution is 6.40. The minimum atomic E-state index is -0.901. The van der Waals surface area contributed by atoms with Crippen molar-refractivity contribution in [2.45, 2.75) is 26.4 Å². The number of Topliss-reactive ketones (excluding diaryl/α,β-unsaturated/α-hetero) is 1. The molecule has 0 fully saturated rings. The van der Waals surface area contributed by atoms with Crippen molar-refractivity contribution in [3.63, 3.8) is 0 Å². The van der Waals surface area contributed by atoms with E-state index in [4.69, 9.17) is 52.1 Å². The van der Waals surface area contributed by atoms with Crippen LogP contribution in [-0.4, -0.2) is 149 Å². The van der Waals surface area contributed by atoms with E-state index in [0.717, 1.165) is 0 Å². The van der Waals surface area contributed by atoms with E-state index in [1.165, 1.54) is 0 Å². The molecule has 0 aliphatic carbocycles. The van der Waals surface area contributed by atoms with Gasteiger partial charge in [-0.1, -0.05) is 30.3 Å². The molecule has 0 saturated heterocycles. The molecule has 0 N–H and O–H groups in total. The standard InChI is InChI=1S/C32H52O14/c1-32(2,3)46-29(33)27-44-24-23-42-20-19-40-16-15-38-12-11-36-9-10-37-13-14-39-17-18-41-21-22-43-25-26-45-31(35)30(34)28-7-5-4-6-8-28/h4-8H,9-27H2,1-3H3. The molecule has 1 rings (SSSR count). The highest BCUT2D eigenvalue weighted by Crippen LogP contribution is 2.06. The van der Waals surface area contributed by atoms with E-state index < -0.39 is 23.3 Å². The summed E-state index contributed by atoms with van der Waals surface area (Å²) in [5, 5.41) is 0. The minimum absolute atomic E-state index is 0.00726. The number of ketones is 1. The summed E-state index contributed by atoms with van der Waals surface area (Å²) >= 11 is 0. The third kappa shape index (κ3) is 26.7.